The van der Waals surface area contributed by atoms with Gasteiger partial charge in [0.2, 0.25) is 0 Å². The normalized spacial score (nSPS) is 18.7. The molecule has 0 bridgehead atoms. The topological polar surface area (TPSA) is 46.5 Å². The van der Waals surface area contributed by atoms with Gasteiger partial charge in [-0.2, -0.15) is 0 Å². The van der Waals surface area contributed by atoms with Gasteiger partial charge in [0.05, 0.1) is 12.5 Å². The van der Waals surface area contributed by atoms with E-state index in [9.17, 15) is 9.90 Å². The van der Waals surface area contributed by atoms with Crippen molar-refractivity contribution >= 4 is 11.5 Å². The molecule has 1 aromatic carbocycles. The van der Waals surface area contributed by atoms with Crippen LogP contribution in [0.3, 0.4) is 0 Å². The van der Waals surface area contributed by atoms with Crippen LogP contribution in [-0.4, -0.2) is 18.2 Å². The van der Waals surface area contributed by atoms with Crippen molar-refractivity contribution in [3.05, 3.63) is 35.4 Å². The van der Waals surface area contributed by atoms with E-state index in [4.69, 9.17) is 4.74 Å². The van der Waals surface area contributed by atoms with E-state index in [1.807, 2.05) is 19.1 Å². The van der Waals surface area contributed by atoms with Gasteiger partial charge in [-0.05, 0) is 73.3 Å². The summed E-state index contributed by atoms with van der Waals surface area (Å²) >= 11 is 0. The second kappa shape index (κ2) is 6.62. The summed E-state index contributed by atoms with van der Waals surface area (Å²) in [6.07, 6.45) is 5.54. The summed E-state index contributed by atoms with van der Waals surface area (Å²) in [5, 5.41) is 9.60. The van der Waals surface area contributed by atoms with Gasteiger partial charge in [-0.15, -0.1) is 0 Å². The van der Waals surface area contributed by atoms with Gasteiger partial charge in [0.25, 0.3) is 0 Å². The number of benzene rings is 1. The third kappa shape index (κ3) is 3.66. The molecule has 0 amide bonds. The fourth-order valence-corrected chi connectivity index (χ4v) is 3.21. The zero-order valence-electron chi connectivity index (χ0n) is 15.8. The molecule has 1 aliphatic rings. The van der Waals surface area contributed by atoms with Crippen LogP contribution in [0, 0.1) is 10.8 Å². The van der Waals surface area contributed by atoms with E-state index in [1.165, 1.54) is 5.57 Å². The first-order valence-corrected chi connectivity index (χ1v) is 8.69. The van der Waals surface area contributed by atoms with Crippen molar-refractivity contribution in [3.8, 4) is 5.75 Å². The van der Waals surface area contributed by atoms with Crippen molar-refractivity contribution < 1.29 is 14.6 Å². The van der Waals surface area contributed by atoms with Crippen LogP contribution in [-0.2, 0) is 4.79 Å². The summed E-state index contributed by atoms with van der Waals surface area (Å²) in [7, 11) is 1.67. The van der Waals surface area contributed by atoms with Crippen LogP contribution >= 0.6 is 0 Å². The minimum Gasteiger partial charge on any atom is -0.497 e. The highest BCUT2D eigenvalue weighted by Crippen LogP contribution is 2.44. The monoisotopic (exact) mass is 330 g/mol. The molecule has 24 heavy (non-hydrogen) atoms. The molecule has 0 saturated carbocycles. The molecule has 0 aromatic heterocycles. The third-order valence-electron chi connectivity index (χ3n) is 5.68. The molecule has 132 valence electrons. The number of hydrogen-bond donors (Lipinski definition) is 1. The first-order chi connectivity index (χ1) is 11.1. The summed E-state index contributed by atoms with van der Waals surface area (Å²) in [6, 6.07) is 6.03. The number of carbonyl (C=O) groups is 1. The molecular weight excluding hydrogens is 300 g/mol. The second-order valence-electron chi connectivity index (χ2n) is 8.30. The Hall–Kier alpha value is -1.77. The molecule has 1 atom stereocenters. The van der Waals surface area contributed by atoms with E-state index in [0.717, 1.165) is 36.1 Å². The van der Waals surface area contributed by atoms with Gasteiger partial charge in [-0.3, -0.25) is 4.79 Å². The molecule has 0 aliphatic heterocycles. The Kier molecular flexibility index (Phi) is 5.12. The summed E-state index contributed by atoms with van der Waals surface area (Å²) in [5.41, 5.74) is 3.07. The molecule has 2 rings (SSSR count). The highest BCUT2D eigenvalue weighted by molar-refractivity contribution is 5.77. The second-order valence-corrected chi connectivity index (χ2v) is 8.30. The lowest BCUT2D eigenvalue weighted by atomic mass is 9.71. The zero-order chi connectivity index (χ0) is 18.1. The van der Waals surface area contributed by atoms with Crippen LogP contribution in [0.2, 0.25) is 0 Å². The van der Waals surface area contributed by atoms with Gasteiger partial charge >= 0.3 is 5.97 Å². The maximum atomic E-state index is 11.7. The Morgan fingerprint density at radius 1 is 1.33 bits per heavy atom. The molecule has 3 nitrogen and oxygen atoms in total. The van der Waals surface area contributed by atoms with E-state index in [2.05, 4.69) is 26.0 Å². The third-order valence-corrected chi connectivity index (χ3v) is 5.68. The highest BCUT2D eigenvalue weighted by atomic mass is 16.5. The molecule has 0 heterocycles. The van der Waals surface area contributed by atoms with Crippen molar-refractivity contribution in [2.45, 2.75) is 59.8 Å². The minimum atomic E-state index is -0.822. The summed E-state index contributed by atoms with van der Waals surface area (Å²) < 4.78 is 5.41. The van der Waals surface area contributed by atoms with Gasteiger partial charge in [-0.25, -0.2) is 0 Å². The molecule has 0 radical (unpaired) electrons. The SMILES string of the molecule is COc1ccc(C(C)C(C)(C)C(=O)O)c(C2=CCC(C)(C)CC2)c1. The van der Waals surface area contributed by atoms with Gasteiger partial charge < -0.3 is 9.84 Å². The van der Waals surface area contributed by atoms with E-state index < -0.39 is 11.4 Å². The predicted octanol–water partition coefficient (Wildman–Crippen LogP) is 5.50. The number of ether oxygens (including phenoxy) is 1. The van der Waals surface area contributed by atoms with Crippen molar-refractivity contribution in [3.63, 3.8) is 0 Å². The highest BCUT2D eigenvalue weighted by Gasteiger charge is 2.36. The summed E-state index contributed by atoms with van der Waals surface area (Å²) in [6.45, 7) is 10.2. The number of carboxylic acid groups (broad SMARTS) is 1. The quantitative estimate of drug-likeness (QED) is 0.775. The van der Waals surface area contributed by atoms with Crippen LogP contribution in [0.25, 0.3) is 5.57 Å². The minimum absolute atomic E-state index is 0.0910. The Bertz CT molecular complexity index is 653. The fourth-order valence-electron chi connectivity index (χ4n) is 3.21. The smallest absolute Gasteiger partial charge is 0.309 e. The molecular formula is C21H30O3. The molecule has 0 fully saturated rings. The predicted molar refractivity (Wildman–Crippen MR) is 98.4 cm³/mol. The molecule has 1 aliphatic carbocycles. The van der Waals surface area contributed by atoms with Crippen LogP contribution in [0.5, 0.6) is 5.75 Å². The number of carboxylic acids is 1. The molecule has 1 aromatic rings. The Labute approximate surface area is 145 Å². The summed E-state index contributed by atoms with van der Waals surface area (Å²) in [4.78, 5) is 11.7. The maximum Gasteiger partial charge on any atom is 0.309 e. The van der Waals surface area contributed by atoms with Gasteiger partial charge in [0, 0.05) is 0 Å². The van der Waals surface area contributed by atoms with Crippen molar-refractivity contribution in [2.75, 3.05) is 7.11 Å². The van der Waals surface area contributed by atoms with E-state index in [0.29, 0.717) is 5.41 Å². The lowest BCUT2D eigenvalue weighted by Gasteiger charge is -2.33. The number of rotatable bonds is 5. The van der Waals surface area contributed by atoms with Crippen LogP contribution in [0.1, 0.15) is 70.9 Å². The first kappa shape index (κ1) is 18.6. The van der Waals surface area contributed by atoms with Crippen LogP contribution in [0.15, 0.2) is 24.3 Å². The molecule has 3 heteroatoms. The van der Waals surface area contributed by atoms with E-state index in [-0.39, 0.29) is 5.92 Å². The van der Waals surface area contributed by atoms with Crippen LogP contribution < -0.4 is 4.74 Å². The number of aliphatic carboxylic acids is 1. The first-order valence-electron chi connectivity index (χ1n) is 8.69. The standard InChI is InChI=1S/C21H30O3/c1-14(21(4,5)19(22)23)17-8-7-16(24-6)13-18(17)15-9-11-20(2,3)12-10-15/h7-9,13-14H,10-12H2,1-6H3,(H,22,23). The van der Waals surface area contributed by atoms with Gasteiger partial charge in [0.15, 0.2) is 0 Å². The van der Waals surface area contributed by atoms with E-state index >= 15 is 0 Å². The van der Waals surface area contributed by atoms with Gasteiger partial charge in [0.1, 0.15) is 5.75 Å². The average molecular weight is 330 g/mol. The molecule has 1 unspecified atom stereocenters. The Morgan fingerprint density at radius 3 is 2.50 bits per heavy atom. The van der Waals surface area contributed by atoms with Crippen molar-refractivity contribution in [1.29, 1.82) is 0 Å². The number of methoxy groups -OCH3 is 1. The summed E-state index contributed by atoms with van der Waals surface area (Å²) in [5.74, 6) is -0.0397. The Balaban J connectivity index is 2.50. The largest absolute Gasteiger partial charge is 0.497 e. The molecule has 0 spiro atoms. The van der Waals surface area contributed by atoms with Crippen molar-refractivity contribution in [2.24, 2.45) is 10.8 Å². The fraction of sp³-hybridized carbons (Fsp3) is 0.571. The van der Waals surface area contributed by atoms with Crippen molar-refractivity contribution in [1.82, 2.24) is 0 Å². The molecule has 1 N–H and O–H groups in total. The molecule has 0 saturated heterocycles. The van der Waals surface area contributed by atoms with E-state index in [1.54, 1.807) is 21.0 Å². The number of hydrogen-bond acceptors (Lipinski definition) is 2. The average Bonchev–Trinajstić information content (AvgIpc) is 2.53. The maximum absolute atomic E-state index is 11.7. The Morgan fingerprint density at radius 2 is 2.00 bits per heavy atom. The number of allylic oxidation sites excluding steroid dienone is 2. The zero-order valence-corrected chi connectivity index (χ0v) is 15.8. The van der Waals surface area contributed by atoms with Crippen LogP contribution in [0.4, 0.5) is 0 Å². The lowest BCUT2D eigenvalue weighted by molar-refractivity contribution is -0.148. The van der Waals surface area contributed by atoms with Gasteiger partial charge in [-0.1, -0.05) is 32.9 Å². The lowest BCUT2D eigenvalue weighted by Crippen LogP contribution is -2.30.